The number of benzene rings is 3. The number of halogens is 3. The Morgan fingerprint density at radius 1 is 1.00 bits per heavy atom. The van der Waals surface area contributed by atoms with E-state index in [1.165, 1.54) is 26.2 Å². The van der Waals surface area contributed by atoms with E-state index in [0.29, 0.717) is 26.9 Å². The van der Waals surface area contributed by atoms with Crippen LogP contribution in [0.1, 0.15) is 6.92 Å². The second-order valence-corrected chi connectivity index (χ2v) is 9.54. The van der Waals surface area contributed by atoms with Gasteiger partial charge in [0.1, 0.15) is 17.5 Å². The third-order valence-electron chi connectivity index (χ3n) is 4.73. The molecule has 3 aromatic carbocycles. The van der Waals surface area contributed by atoms with Crippen molar-refractivity contribution < 1.29 is 31.5 Å². The summed E-state index contributed by atoms with van der Waals surface area (Å²) in [5.41, 5.74) is -0.0243. The van der Waals surface area contributed by atoms with Crippen molar-refractivity contribution in [3.05, 3.63) is 77.3 Å². The van der Waals surface area contributed by atoms with Crippen LogP contribution >= 0.6 is 11.6 Å². The van der Waals surface area contributed by atoms with E-state index < -0.39 is 33.6 Å². The molecule has 1 N–H and O–H groups in total. The van der Waals surface area contributed by atoms with Crippen LogP contribution in [0.5, 0.6) is 17.2 Å². The van der Waals surface area contributed by atoms with Crippen LogP contribution in [0.25, 0.3) is 0 Å². The van der Waals surface area contributed by atoms with Crippen LogP contribution < -0.4 is 19.1 Å². The first kappa shape index (κ1) is 25.3. The van der Waals surface area contributed by atoms with E-state index in [1.807, 2.05) is 0 Å². The summed E-state index contributed by atoms with van der Waals surface area (Å²) >= 11 is 6.08. The predicted octanol–water partition coefficient (Wildman–Crippen LogP) is 5.21. The molecule has 0 radical (unpaired) electrons. The molecule has 3 aromatic rings. The Morgan fingerprint density at radius 3 is 2.24 bits per heavy atom. The van der Waals surface area contributed by atoms with Crippen molar-refractivity contribution in [1.82, 2.24) is 0 Å². The van der Waals surface area contributed by atoms with Crippen LogP contribution in [-0.2, 0) is 14.8 Å². The Labute approximate surface area is 200 Å². The summed E-state index contributed by atoms with van der Waals surface area (Å²) in [5.74, 6) is -1.82. The standard InChI is InChI=1S/C23H21ClF2N2O5S/c1-14(28(34(3,30)31)16-5-10-19(25)20(26)13-16)23(29)27-21-12-15(24)4-11-22(21)33-18-8-6-17(32-2)7-9-18/h4-14H,1-3H3,(H,27,29)/t14-/m1/s1. The van der Waals surface area contributed by atoms with Crippen molar-refractivity contribution in [1.29, 1.82) is 0 Å². The number of amides is 1. The highest BCUT2D eigenvalue weighted by molar-refractivity contribution is 7.92. The molecule has 0 heterocycles. The van der Waals surface area contributed by atoms with E-state index in [-0.39, 0.29) is 17.1 Å². The van der Waals surface area contributed by atoms with Gasteiger partial charge in [0.05, 0.1) is 24.7 Å². The number of carbonyl (C=O) groups is 1. The second-order valence-electron chi connectivity index (χ2n) is 7.24. The zero-order chi connectivity index (χ0) is 25.0. The number of hydrogen-bond donors (Lipinski definition) is 1. The van der Waals surface area contributed by atoms with Crippen LogP contribution in [0.3, 0.4) is 0 Å². The Morgan fingerprint density at radius 2 is 1.65 bits per heavy atom. The van der Waals surface area contributed by atoms with Crippen molar-refractivity contribution in [2.24, 2.45) is 0 Å². The first-order valence-corrected chi connectivity index (χ1v) is 12.1. The highest BCUT2D eigenvalue weighted by atomic mass is 35.5. The van der Waals surface area contributed by atoms with E-state index >= 15 is 0 Å². The fraction of sp³-hybridized carbons (Fsp3) is 0.174. The minimum absolute atomic E-state index is 0.180. The lowest BCUT2D eigenvalue weighted by molar-refractivity contribution is -0.116. The van der Waals surface area contributed by atoms with Crippen LogP contribution in [0.15, 0.2) is 60.7 Å². The van der Waals surface area contributed by atoms with Crippen LogP contribution in [0, 0.1) is 11.6 Å². The van der Waals surface area contributed by atoms with Crippen molar-refractivity contribution in [2.75, 3.05) is 23.0 Å². The average Bonchev–Trinajstić information content (AvgIpc) is 2.77. The zero-order valence-electron chi connectivity index (χ0n) is 18.4. The van der Waals surface area contributed by atoms with Gasteiger partial charge in [-0.1, -0.05) is 11.6 Å². The normalized spacial score (nSPS) is 12.1. The molecule has 0 saturated carbocycles. The maximum atomic E-state index is 13.8. The molecule has 11 heteroatoms. The molecule has 0 spiro atoms. The Hall–Kier alpha value is -3.37. The largest absolute Gasteiger partial charge is 0.497 e. The molecule has 0 saturated heterocycles. The molecule has 34 heavy (non-hydrogen) atoms. The maximum Gasteiger partial charge on any atom is 0.248 e. The number of nitrogens with zero attached hydrogens (tertiary/aromatic N) is 1. The molecule has 180 valence electrons. The van der Waals surface area contributed by atoms with Gasteiger partial charge in [-0.3, -0.25) is 9.10 Å². The van der Waals surface area contributed by atoms with Gasteiger partial charge in [-0.05, 0) is 61.5 Å². The number of methoxy groups -OCH3 is 1. The number of nitrogens with one attached hydrogen (secondary N) is 1. The fourth-order valence-electron chi connectivity index (χ4n) is 3.13. The maximum absolute atomic E-state index is 13.8. The summed E-state index contributed by atoms with van der Waals surface area (Å²) in [6.07, 6.45) is 0.857. The first-order chi connectivity index (χ1) is 16.0. The highest BCUT2D eigenvalue weighted by Crippen LogP contribution is 2.33. The molecule has 0 bridgehead atoms. The SMILES string of the molecule is COc1ccc(Oc2ccc(Cl)cc2NC(=O)[C@@H](C)N(c2ccc(F)c(F)c2)S(C)(=O)=O)cc1. The van der Waals surface area contributed by atoms with Gasteiger partial charge >= 0.3 is 0 Å². The van der Waals surface area contributed by atoms with E-state index in [0.717, 1.165) is 18.4 Å². The van der Waals surface area contributed by atoms with E-state index in [1.54, 1.807) is 30.3 Å². The molecule has 3 rings (SSSR count). The molecule has 0 aliphatic carbocycles. The third kappa shape index (κ3) is 5.95. The van der Waals surface area contributed by atoms with Crippen LogP contribution in [0.4, 0.5) is 20.2 Å². The average molecular weight is 511 g/mol. The summed E-state index contributed by atoms with van der Waals surface area (Å²) in [7, 11) is -2.51. The Kier molecular flexibility index (Phi) is 7.63. The molecule has 0 aromatic heterocycles. The smallest absolute Gasteiger partial charge is 0.248 e. The first-order valence-electron chi connectivity index (χ1n) is 9.86. The van der Waals surface area contributed by atoms with Crippen molar-refractivity contribution >= 4 is 38.9 Å². The number of hydrogen-bond acceptors (Lipinski definition) is 5. The number of sulfonamides is 1. The summed E-state index contributed by atoms with van der Waals surface area (Å²) in [6, 6.07) is 12.5. The molecule has 0 fully saturated rings. The highest BCUT2D eigenvalue weighted by Gasteiger charge is 2.30. The van der Waals surface area contributed by atoms with Crippen molar-refractivity contribution in [3.8, 4) is 17.2 Å². The van der Waals surface area contributed by atoms with E-state index in [4.69, 9.17) is 21.1 Å². The molecule has 0 aliphatic heterocycles. The molecule has 0 aliphatic rings. The van der Waals surface area contributed by atoms with Crippen molar-refractivity contribution in [3.63, 3.8) is 0 Å². The molecule has 1 atom stereocenters. The molecule has 1 amide bonds. The van der Waals surface area contributed by atoms with Gasteiger partial charge < -0.3 is 14.8 Å². The zero-order valence-corrected chi connectivity index (χ0v) is 20.0. The minimum atomic E-state index is -4.04. The number of carbonyl (C=O) groups excluding carboxylic acids is 1. The monoisotopic (exact) mass is 510 g/mol. The molecule has 7 nitrogen and oxygen atoms in total. The van der Waals surface area contributed by atoms with Gasteiger partial charge in [0.2, 0.25) is 15.9 Å². The summed E-state index contributed by atoms with van der Waals surface area (Å²) in [5, 5.41) is 2.89. The summed E-state index contributed by atoms with van der Waals surface area (Å²) < 4.78 is 63.6. The van der Waals surface area contributed by atoms with Crippen LogP contribution in [-0.4, -0.2) is 33.7 Å². The van der Waals surface area contributed by atoms with Gasteiger partial charge in [0, 0.05) is 11.1 Å². The van der Waals surface area contributed by atoms with Gasteiger partial charge in [-0.25, -0.2) is 17.2 Å². The minimum Gasteiger partial charge on any atom is -0.497 e. The second kappa shape index (κ2) is 10.3. The summed E-state index contributed by atoms with van der Waals surface area (Å²) in [6.45, 7) is 1.31. The number of anilines is 2. The van der Waals surface area contributed by atoms with Crippen molar-refractivity contribution in [2.45, 2.75) is 13.0 Å². The Balaban J connectivity index is 1.89. The van der Waals surface area contributed by atoms with Crippen LogP contribution in [0.2, 0.25) is 5.02 Å². The number of rotatable bonds is 8. The van der Waals surface area contributed by atoms with E-state index in [9.17, 15) is 22.0 Å². The Bertz CT molecular complexity index is 1300. The third-order valence-corrected chi connectivity index (χ3v) is 6.21. The quantitative estimate of drug-likeness (QED) is 0.449. The molecular weight excluding hydrogens is 490 g/mol. The topological polar surface area (TPSA) is 84.9 Å². The lowest BCUT2D eigenvalue weighted by Gasteiger charge is -2.28. The predicted molar refractivity (Wildman–Crippen MR) is 126 cm³/mol. The lowest BCUT2D eigenvalue weighted by atomic mass is 10.2. The van der Waals surface area contributed by atoms with E-state index in [2.05, 4.69) is 5.32 Å². The number of ether oxygens (including phenoxy) is 2. The van der Waals surface area contributed by atoms with Gasteiger partial charge in [-0.2, -0.15) is 0 Å². The lowest BCUT2D eigenvalue weighted by Crippen LogP contribution is -2.45. The molecular formula is C23H21ClF2N2O5S. The molecule has 0 unspecified atom stereocenters. The van der Waals surface area contributed by atoms with Gasteiger partial charge in [-0.15, -0.1) is 0 Å². The van der Waals surface area contributed by atoms with Gasteiger partial charge in [0.25, 0.3) is 0 Å². The fourth-order valence-corrected chi connectivity index (χ4v) is 4.47. The van der Waals surface area contributed by atoms with Gasteiger partial charge in [0.15, 0.2) is 17.4 Å². The summed E-state index contributed by atoms with van der Waals surface area (Å²) in [4.78, 5) is 13.0.